The van der Waals surface area contributed by atoms with Crippen molar-refractivity contribution in [3.05, 3.63) is 83.7 Å². The highest BCUT2D eigenvalue weighted by Gasteiger charge is 2.32. The number of ketones is 1. The first-order chi connectivity index (χ1) is 16.0. The van der Waals surface area contributed by atoms with Gasteiger partial charge in [-0.3, -0.25) is 4.79 Å². The highest BCUT2D eigenvalue weighted by Crippen LogP contribution is 2.32. The van der Waals surface area contributed by atoms with Gasteiger partial charge in [-0.15, -0.1) is 0 Å². The van der Waals surface area contributed by atoms with Crippen LogP contribution in [0.4, 0.5) is 13.2 Å². The van der Waals surface area contributed by atoms with Crippen LogP contribution in [0.3, 0.4) is 0 Å². The van der Waals surface area contributed by atoms with Gasteiger partial charge >= 0.3 is 6.18 Å². The summed E-state index contributed by atoms with van der Waals surface area (Å²) in [6.45, 7) is 1.79. The maximum absolute atomic E-state index is 13.5. The van der Waals surface area contributed by atoms with E-state index in [4.69, 9.17) is 5.26 Å². The Bertz CT molecular complexity index is 1570. The van der Waals surface area contributed by atoms with E-state index >= 15 is 0 Å². The van der Waals surface area contributed by atoms with Crippen molar-refractivity contribution in [2.75, 3.05) is 0 Å². The number of Topliss-reactive ketones (excluding diaryl/α,β-unsaturated/α-hetero) is 1. The zero-order chi connectivity index (χ0) is 24.7. The highest BCUT2D eigenvalue weighted by molar-refractivity contribution is 7.90. The van der Waals surface area contributed by atoms with Gasteiger partial charge in [0.05, 0.1) is 22.2 Å². The molecule has 2 aromatic heterocycles. The fourth-order valence-electron chi connectivity index (χ4n) is 3.52. The van der Waals surface area contributed by atoms with E-state index in [0.717, 1.165) is 15.6 Å². The zero-order valence-electron chi connectivity index (χ0n) is 17.7. The molecule has 2 aromatic carbocycles. The maximum atomic E-state index is 13.5. The van der Waals surface area contributed by atoms with Crippen molar-refractivity contribution in [1.29, 1.82) is 5.26 Å². The van der Waals surface area contributed by atoms with Crippen LogP contribution in [0.5, 0.6) is 0 Å². The molecule has 0 unspecified atom stereocenters. The van der Waals surface area contributed by atoms with Gasteiger partial charge < -0.3 is 0 Å². The second kappa shape index (κ2) is 8.43. The van der Waals surface area contributed by atoms with E-state index in [1.54, 1.807) is 25.1 Å². The van der Waals surface area contributed by atoms with Crippen LogP contribution in [0.1, 0.15) is 28.2 Å². The van der Waals surface area contributed by atoms with E-state index in [0.29, 0.717) is 5.39 Å². The van der Waals surface area contributed by atoms with Crippen LogP contribution >= 0.6 is 0 Å². The third-order valence-corrected chi connectivity index (χ3v) is 6.92. The maximum Gasteiger partial charge on any atom is 0.433 e. The van der Waals surface area contributed by atoms with Gasteiger partial charge in [0, 0.05) is 10.9 Å². The first-order valence-corrected chi connectivity index (χ1v) is 11.4. The smallest absolute Gasteiger partial charge is 0.291 e. The Morgan fingerprint density at radius 1 is 1.06 bits per heavy atom. The lowest BCUT2D eigenvalue weighted by Crippen LogP contribution is -2.18. The van der Waals surface area contributed by atoms with Gasteiger partial charge in [0.2, 0.25) is 0 Å². The topological polar surface area (TPSA) is 92.8 Å². The Morgan fingerprint density at radius 2 is 1.76 bits per heavy atom. The minimum atomic E-state index is -4.65. The molecule has 4 rings (SSSR count). The molecule has 4 aromatic rings. The van der Waals surface area contributed by atoms with Crippen molar-refractivity contribution in [1.82, 2.24) is 8.96 Å². The summed E-state index contributed by atoms with van der Waals surface area (Å²) in [5, 5.41) is 9.34. The van der Waals surface area contributed by atoms with Crippen molar-refractivity contribution in [2.24, 2.45) is 0 Å². The van der Waals surface area contributed by atoms with E-state index in [1.165, 1.54) is 48.5 Å². The highest BCUT2D eigenvalue weighted by atomic mass is 32.2. The van der Waals surface area contributed by atoms with Crippen molar-refractivity contribution in [2.45, 2.75) is 24.4 Å². The summed E-state index contributed by atoms with van der Waals surface area (Å²) in [5.41, 5.74) is -0.170. The van der Waals surface area contributed by atoms with Crippen molar-refractivity contribution in [3.63, 3.8) is 0 Å². The van der Waals surface area contributed by atoms with Gasteiger partial charge in [0.25, 0.3) is 10.0 Å². The van der Waals surface area contributed by atoms with Gasteiger partial charge in [0.15, 0.2) is 5.78 Å². The Balaban J connectivity index is 1.98. The normalized spacial score (nSPS) is 12.0. The number of fused-ring (bicyclic) bond motifs is 1. The Labute approximate surface area is 193 Å². The molecular weight excluding hydrogens is 467 g/mol. The summed E-state index contributed by atoms with van der Waals surface area (Å²) < 4.78 is 67.3. The molecule has 0 aliphatic carbocycles. The van der Waals surface area contributed by atoms with E-state index in [2.05, 4.69) is 4.98 Å². The molecule has 10 heteroatoms. The Hall–Kier alpha value is -3.97. The van der Waals surface area contributed by atoms with Crippen molar-refractivity contribution in [3.8, 4) is 17.3 Å². The molecule has 6 nitrogen and oxygen atoms in total. The van der Waals surface area contributed by atoms with Crippen LogP contribution in [-0.4, -0.2) is 23.2 Å². The Morgan fingerprint density at radius 3 is 2.41 bits per heavy atom. The second-order valence-electron chi connectivity index (χ2n) is 7.55. The molecule has 0 amide bonds. The van der Waals surface area contributed by atoms with Gasteiger partial charge in [-0.05, 0) is 43.3 Å². The number of aryl methyl sites for hydroxylation is 1. The summed E-state index contributed by atoms with van der Waals surface area (Å²) in [6, 6.07) is 16.9. The molecule has 0 aliphatic rings. The number of benzene rings is 2. The number of nitrogens with zero attached hydrogens (tertiary/aromatic N) is 3. The predicted molar refractivity (Wildman–Crippen MR) is 118 cm³/mol. The monoisotopic (exact) mass is 483 g/mol. The minimum Gasteiger partial charge on any atom is -0.291 e. The third-order valence-electron chi connectivity index (χ3n) is 5.18. The number of hydrogen-bond donors (Lipinski definition) is 0. The fourth-order valence-corrected chi connectivity index (χ4v) is 5.04. The van der Waals surface area contributed by atoms with Crippen LogP contribution < -0.4 is 0 Å². The first kappa shape index (κ1) is 23.2. The molecular formula is C24H16F3N3O3S. The number of pyridine rings is 1. The average Bonchev–Trinajstić information content (AvgIpc) is 3.19. The van der Waals surface area contributed by atoms with Gasteiger partial charge in [-0.1, -0.05) is 35.9 Å². The molecule has 0 spiro atoms. The molecule has 0 fully saturated rings. The van der Waals surface area contributed by atoms with Gasteiger partial charge in [-0.2, -0.15) is 18.4 Å². The predicted octanol–water partition coefficient (Wildman–Crippen LogP) is 5.36. The van der Waals surface area contributed by atoms with Crippen LogP contribution in [-0.2, 0) is 16.2 Å². The summed E-state index contributed by atoms with van der Waals surface area (Å²) in [5.74, 6) is -0.701. The third kappa shape index (κ3) is 4.18. The number of nitriles is 1. The molecule has 0 radical (unpaired) electrons. The molecule has 0 atom stereocenters. The van der Waals surface area contributed by atoms with E-state index < -0.39 is 34.1 Å². The average molecular weight is 483 g/mol. The van der Waals surface area contributed by atoms with Crippen LogP contribution in [0.15, 0.2) is 71.6 Å². The largest absolute Gasteiger partial charge is 0.433 e. The molecule has 172 valence electrons. The molecule has 0 aliphatic heterocycles. The lowest BCUT2D eigenvalue weighted by atomic mass is 10.1. The number of aromatic nitrogens is 2. The van der Waals surface area contributed by atoms with E-state index in [9.17, 15) is 26.4 Å². The molecule has 34 heavy (non-hydrogen) atoms. The lowest BCUT2D eigenvalue weighted by molar-refractivity contribution is -0.141. The summed E-state index contributed by atoms with van der Waals surface area (Å²) in [7, 11) is -4.28. The minimum absolute atomic E-state index is 0.0119. The molecule has 0 saturated carbocycles. The van der Waals surface area contributed by atoms with Crippen LogP contribution in [0, 0.1) is 18.3 Å². The first-order valence-electron chi connectivity index (χ1n) is 9.95. The SMILES string of the molecule is Cc1ccc(S(=O)(=O)n2c(C(=O)CC#N)cc3ccc(-c4cccc(C(F)(F)F)n4)cc32)cc1. The summed E-state index contributed by atoms with van der Waals surface area (Å²) in [6.07, 6.45) is -5.19. The second-order valence-corrected chi connectivity index (χ2v) is 9.34. The van der Waals surface area contributed by atoms with Crippen LogP contribution in [0.2, 0.25) is 0 Å². The number of hydrogen-bond acceptors (Lipinski definition) is 5. The van der Waals surface area contributed by atoms with E-state index in [-0.39, 0.29) is 27.4 Å². The van der Waals surface area contributed by atoms with Gasteiger partial charge in [-0.25, -0.2) is 17.4 Å². The quantitative estimate of drug-likeness (QED) is 0.356. The van der Waals surface area contributed by atoms with E-state index in [1.807, 2.05) is 0 Å². The van der Waals surface area contributed by atoms with Crippen LogP contribution in [0.25, 0.3) is 22.2 Å². The molecule has 0 saturated heterocycles. The number of alkyl halides is 3. The van der Waals surface area contributed by atoms with Gasteiger partial charge in [0.1, 0.15) is 17.8 Å². The van der Waals surface area contributed by atoms with Crippen molar-refractivity contribution >= 4 is 26.7 Å². The number of carbonyl (C=O) groups excluding carboxylic acids is 1. The number of carbonyl (C=O) groups is 1. The molecule has 2 heterocycles. The summed E-state index contributed by atoms with van der Waals surface area (Å²) in [4.78, 5) is 16.2. The lowest BCUT2D eigenvalue weighted by Gasteiger charge is -2.12. The van der Waals surface area contributed by atoms with Crippen molar-refractivity contribution < 1.29 is 26.4 Å². The number of rotatable bonds is 5. The summed E-state index contributed by atoms with van der Waals surface area (Å²) >= 11 is 0. The number of halogens is 3. The zero-order valence-corrected chi connectivity index (χ0v) is 18.5. The Kier molecular flexibility index (Phi) is 5.75. The molecule has 0 bridgehead atoms. The molecule has 0 N–H and O–H groups in total. The fraction of sp³-hybridized carbons (Fsp3) is 0.125. The standard InChI is InChI=1S/C24H16F3N3O3S/c1-15-5-9-18(10-6-15)34(32,33)30-20-13-16(19-3-2-4-23(29-19)24(25,26)27)7-8-17(20)14-21(30)22(31)11-12-28/h2-10,13-14H,11H2,1H3.